The zero-order valence-corrected chi connectivity index (χ0v) is 84.4. The standard InChI is InChI=1S/C116H124Cl3NO23Si/c1-80(121)135-107-103(130-73-89-56-32-13-33-57-89)99(126-69-85-48-24-9-25-49-85)95(77-124-67-83-44-20-7-21-45-83)138-111(107)142-109-105(132-75-91-60-36-15-37-61-91)101(128-71-87-52-28-11-29-53-87)97(79-134-144(115(3,4)5,92-62-38-16-39-63-92)93-64-40-17-41-65-93)140-112(109)141-106-102(129-72-88-54-30-12-31-55-88)98(125-68-84-46-22-8-23-47-84)94(76-123-66-82-42-18-6-19-43-82)137-110(106)133-78-96-100(127-70-86-50-26-10-27-51-86)104(131-74-90-58-34-14-35-59-90)108(136-81(2)122)113(139-96)143-114(120)116(117,118)119/h6-65,94-113,120H,66-79H2,1-5H3/t94-,95-,96-,97-,98-,99-,100-,101-,102+,103+,104+,105+,106+,107+,108+,109+,110+,111-,112-,113-/m1/s1. The molecule has 1 N–H and O–H groups in total. The Kier molecular flexibility index (Phi) is 39.2. The Hall–Kier alpha value is -10.6. The summed E-state index contributed by atoms with van der Waals surface area (Å²) in [6, 6.07) is 117. The molecule has 12 aromatic carbocycles. The number of rotatable bonds is 47. The Morgan fingerprint density at radius 3 is 0.764 bits per heavy atom. The van der Waals surface area contributed by atoms with Crippen molar-refractivity contribution in [2.45, 2.75) is 232 Å². The number of alkyl halides is 3. The van der Waals surface area contributed by atoms with E-state index in [0.717, 1.165) is 66.0 Å². The van der Waals surface area contributed by atoms with E-state index in [1.807, 2.05) is 340 Å². The molecule has 0 aliphatic carbocycles. The summed E-state index contributed by atoms with van der Waals surface area (Å²) in [5.74, 6) is -2.36. The van der Waals surface area contributed by atoms with Gasteiger partial charge in [-0.3, -0.25) is 15.0 Å². The molecule has 4 aliphatic rings. The second kappa shape index (κ2) is 53.2. The van der Waals surface area contributed by atoms with E-state index in [1.165, 1.54) is 13.8 Å². The largest absolute Gasteiger partial charge is 0.454 e. The molecule has 4 aliphatic heterocycles. The smallest absolute Gasteiger partial charge is 0.303 e. The quantitative estimate of drug-likeness (QED) is 0.0122. The first kappa shape index (κ1) is 106. The molecule has 0 amide bonds. The zero-order valence-electron chi connectivity index (χ0n) is 81.1. The zero-order chi connectivity index (χ0) is 99.9. The molecule has 756 valence electrons. The van der Waals surface area contributed by atoms with Gasteiger partial charge in [-0.1, -0.05) is 420 Å². The molecule has 28 heteroatoms. The first-order chi connectivity index (χ1) is 70.2. The van der Waals surface area contributed by atoms with E-state index in [0.29, 0.717) is 0 Å². The van der Waals surface area contributed by atoms with Crippen molar-refractivity contribution in [1.82, 2.24) is 0 Å². The van der Waals surface area contributed by atoms with Gasteiger partial charge in [0.1, 0.15) is 85.5 Å². The maximum absolute atomic E-state index is 14.7. The van der Waals surface area contributed by atoms with Crippen molar-refractivity contribution in [1.29, 1.82) is 5.41 Å². The van der Waals surface area contributed by atoms with Gasteiger partial charge in [0.2, 0.25) is 12.2 Å². The predicted molar refractivity (Wildman–Crippen MR) is 546 cm³/mol. The minimum atomic E-state index is -3.61. The summed E-state index contributed by atoms with van der Waals surface area (Å²) < 4.78 is 153. The fourth-order valence-electron chi connectivity index (χ4n) is 18.5. The van der Waals surface area contributed by atoms with Crippen molar-refractivity contribution in [3.63, 3.8) is 0 Å². The molecular formula is C116H124Cl3NO23Si. The van der Waals surface area contributed by atoms with Gasteiger partial charge in [0, 0.05) is 13.8 Å². The number of hydrogen-bond acceptors (Lipinski definition) is 24. The predicted octanol–water partition coefficient (Wildman–Crippen LogP) is 19.6. The summed E-state index contributed by atoms with van der Waals surface area (Å²) in [6.45, 7) is 8.19. The average molecular weight is 2030 g/mol. The number of hydrogen-bond donors (Lipinski definition) is 1. The number of esters is 2. The Bertz CT molecular complexity index is 5750. The van der Waals surface area contributed by atoms with Gasteiger partial charge in [0.15, 0.2) is 31.1 Å². The number of ether oxygens (including phenoxy) is 20. The fourth-order valence-corrected chi connectivity index (χ4v) is 23.2. The van der Waals surface area contributed by atoms with Crippen molar-refractivity contribution in [2.24, 2.45) is 0 Å². The molecule has 0 aromatic heterocycles. The van der Waals surface area contributed by atoms with Crippen molar-refractivity contribution < 1.29 is 109 Å². The van der Waals surface area contributed by atoms with Gasteiger partial charge in [-0.25, -0.2) is 0 Å². The average Bonchev–Trinajstić information content (AvgIpc) is 0.742. The maximum Gasteiger partial charge on any atom is 0.303 e. The summed E-state index contributed by atoms with van der Waals surface area (Å²) in [5.41, 5.74) is 7.99. The van der Waals surface area contributed by atoms with E-state index in [4.69, 9.17) is 134 Å². The minimum absolute atomic E-state index is 0.00179. The highest BCUT2D eigenvalue weighted by molar-refractivity contribution is 6.99. The lowest BCUT2D eigenvalue weighted by Crippen LogP contribution is -2.70. The van der Waals surface area contributed by atoms with Crippen LogP contribution < -0.4 is 10.4 Å². The minimum Gasteiger partial charge on any atom is -0.454 e. The van der Waals surface area contributed by atoms with Gasteiger partial charge in [-0.05, 0) is 71.0 Å². The number of benzene rings is 12. The summed E-state index contributed by atoms with van der Waals surface area (Å²) in [5, 5.41) is 10.5. The topological polar surface area (TPSA) is 252 Å². The Labute approximate surface area is 858 Å². The molecule has 0 spiro atoms. The first-order valence-corrected chi connectivity index (χ1v) is 51.7. The van der Waals surface area contributed by atoms with Crippen molar-refractivity contribution >= 4 is 71.3 Å². The van der Waals surface area contributed by atoms with Crippen LogP contribution in [0.1, 0.15) is 90.3 Å². The highest BCUT2D eigenvalue weighted by atomic mass is 35.6. The summed E-state index contributed by atoms with van der Waals surface area (Å²) in [6.07, 6.45) is -27.9. The van der Waals surface area contributed by atoms with E-state index in [1.54, 1.807) is 0 Å². The molecule has 0 saturated carbocycles. The van der Waals surface area contributed by atoms with E-state index in [-0.39, 0.29) is 85.9 Å². The number of halogens is 3. The summed E-state index contributed by atoms with van der Waals surface area (Å²) in [7, 11) is -3.61. The molecule has 4 fully saturated rings. The molecule has 4 heterocycles. The lowest BCUT2D eigenvalue weighted by molar-refractivity contribution is -0.405. The molecule has 4 saturated heterocycles. The molecule has 12 aromatic rings. The van der Waals surface area contributed by atoms with Gasteiger partial charge in [-0.15, -0.1) is 0 Å². The van der Waals surface area contributed by atoms with Crippen LogP contribution >= 0.6 is 34.8 Å². The van der Waals surface area contributed by atoms with E-state index in [2.05, 4.69) is 45.0 Å². The Balaban J connectivity index is 0.911. The SMILES string of the molecule is CC(=O)O[C@@H]1[C@@H](OC(=N)C(Cl)(Cl)Cl)O[C@H](CO[C@H]2O[C@H](COCc3ccccc3)[C@@H](OCc3ccccc3)[C@H](OCc3ccccc3)[C@@H]2O[C@H]2O[C@H](CO[Si](c3ccccc3)(c3ccccc3)C(C)(C)C)[C@@H](OCc3ccccc3)[C@H](OCc3ccccc3)[C@@H]2O[C@H]2O[C@H](COCc3ccccc3)[C@@H](OCc3ccccc3)[C@H](OCc3ccccc3)[C@@H]2OC(C)=O)[C@@H](OCc2ccccc2)[C@@H]1OCc1ccccc1. The maximum atomic E-state index is 14.7. The highest BCUT2D eigenvalue weighted by Crippen LogP contribution is 2.44. The molecule has 144 heavy (non-hydrogen) atoms. The first-order valence-electron chi connectivity index (χ1n) is 48.7. The van der Waals surface area contributed by atoms with Crippen LogP contribution in [0.2, 0.25) is 5.04 Å². The molecule has 0 unspecified atom stereocenters. The second-order valence-electron chi connectivity index (χ2n) is 36.9. The molecule has 0 bridgehead atoms. The van der Waals surface area contributed by atoms with Gasteiger partial charge in [0.25, 0.3) is 12.1 Å². The van der Waals surface area contributed by atoms with Crippen LogP contribution in [-0.2, 0) is 175 Å². The number of carbonyl (C=O) groups excluding carboxylic acids is 2. The molecule has 16 rings (SSSR count). The van der Waals surface area contributed by atoms with Crippen LogP contribution in [0.25, 0.3) is 0 Å². The lowest BCUT2D eigenvalue weighted by Gasteiger charge is -2.52. The molecule has 24 nitrogen and oxygen atoms in total. The van der Waals surface area contributed by atoms with Gasteiger partial charge < -0.3 is 99.2 Å². The van der Waals surface area contributed by atoms with Crippen LogP contribution in [0, 0.1) is 5.41 Å². The van der Waals surface area contributed by atoms with Crippen molar-refractivity contribution in [3.8, 4) is 0 Å². The van der Waals surface area contributed by atoms with Crippen LogP contribution in [0.3, 0.4) is 0 Å². The van der Waals surface area contributed by atoms with Gasteiger partial charge in [-0.2, -0.15) is 0 Å². The lowest BCUT2D eigenvalue weighted by atomic mass is 9.95. The number of carbonyl (C=O) groups is 2. The van der Waals surface area contributed by atoms with E-state index in [9.17, 15) is 15.0 Å². The summed E-state index contributed by atoms with van der Waals surface area (Å²) in [4.78, 5) is 28.5. The van der Waals surface area contributed by atoms with E-state index >= 15 is 0 Å². The summed E-state index contributed by atoms with van der Waals surface area (Å²) >= 11 is 19.6. The van der Waals surface area contributed by atoms with Gasteiger partial charge >= 0.3 is 11.9 Å². The molecule has 0 radical (unpaired) electrons. The molecular weight excluding hydrogens is 1910 g/mol. The number of nitrogens with one attached hydrogen (secondary N) is 1. The monoisotopic (exact) mass is 2030 g/mol. The normalized spacial score (nSPS) is 24.6. The highest BCUT2D eigenvalue weighted by Gasteiger charge is 2.61. The van der Waals surface area contributed by atoms with Crippen LogP contribution in [0.4, 0.5) is 0 Å². The fraction of sp³-hybridized carbons (Fsp3) is 0.353. The third kappa shape index (κ3) is 29.5. The third-order valence-corrected chi connectivity index (χ3v) is 30.9. The Morgan fingerprint density at radius 1 is 0.264 bits per heavy atom. The van der Waals surface area contributed by atoms with Crippen molar-refractivity contribution in [2.75, 3.05) is 26.4 Å². The Morgan fingerprint density at radius 2 is 0.486 bits per heavy atom. The van der Waals surface area contributed by atoms with Crippen LogP contribution in [0.5, 0.6) is 0 Å². The van der Waals surface area contributed by atoms with Crippen molar-refractivity contribution in [3.05, 3.63) is 420 Å². The van der Waals surface area contributed by atoms with Gasteiger partial charge in [0.05, 0.1) is 92.5 Å². The second-order valence-corrected chi connectivity index (χ2v) is 43.5. The molecule has 20 atom stereocenters. The third-order valence-electron chi connectivity index (χ3n) is 25.4. The van der Waals surface area contributed by atoms with Crippen LogP contribution in [-0.4, -0.2) is 179 Å². The van der Waals surface area contributed by atoms with E-state index < -0.39 is 164 Å². The van der Waals surface area contributed by atoms with Crippen LogP contribution in [0.15, 0.2) is 364 Å².